The molecule has 1 unspecified atom stereocenters. The summed E-state index contributed by atoms with van der Waals surface area (Å²) >= 11 is 0. The van der Waals surface area contributed by atoms with Crippen LogP contribution in [0.2, 0.25) is 0 Å². The molecule has 18 heavy (non-hydrogen) atoms. The molecule has 0 heterocycles. The average molecular weight is 252 g/mol. The first-order valence-corrected chi connectivity index (χ1v) is 6.26. The third kappa shape index (κ3) is 4.45. The molecule has 0 bridgehead atoms. The summed E-state index contributed by atoms with van der Waals surface area (Å²) in [6, 6.07) is 5.93. The Labute approximate surface area is 108 Å². The molecule has 100 valence electrons. The van der Waals surface area contributed by atoms with Gasteiger partial charge in [0.05, 0.1) is 0 Å². The highest BCUT2D eigenvalue weighted by Gasteiger charge is 2.12. The lowest BCUT2D eigenvalue weighted by Crippen LogP contribution is -2.26. The number of nitrogens with zero attached hydrogens (tertiary/aromatic N) is 1. The van der Waals surface area contributed by atoms with E-state index in [1.807, 2.05) is 0 Å². The summed E-state index contributed by atoms with van der Waals surface area (Å²) in [5, 5.41) is 0. The van der Waals surface area contributed by atoms with Crippen molar-refractivity contribution in [3.8, 4) is 0 Å². The molecule has 1 rings (SSSR count). The van der Waals surface area contributed by atoms with E-state index in [2.05, 4.69) is 6.92 Å². The topological polar surface area (TPSA) is 46.3 Å². The number of hydrogen-bond acceptors (Lipinski definition) is 2. The molecule has 3 nitrogen and oxygen atoms in total. The van der Waals surface area contributed by atoms with Crippen molar-refractivity contribution in [3.05, 3.63) is 30.1 Å². The zero-order valence-corrected chi connectivity index (χ0v) is 11.0. The molecule has 0 spiro atoms. The van der Waals surface area contributed by atoms with Crippen LogP contribution in [0.4, 0.5) is 10.1 Å². The maximum atomic E-state index is 12.8. The summed E-state index contributed by atoms with van der Waals surface area (Å²) in [5.74, 6) is 0.210. The van der Waals surface area contributed by atoms with Crippen molar-refractivity contribution in [1.29, 1.82) is 0 Å². The molecule has 0 saturated carbocycles. The van der Waals surface area contributed by atoms with Gasteiger partial charge in [-0.15, -0.1) is 0 Å². The molecule has 0 aromatic heterocycles. The summed E-state index contributed by atoms with van der Waals surface area (Å²) in [7, 11) is 1.71. The largest absolute Gasteiger partial charge is 0.330 e. The number of carbonyl (C=O) groups is 1. The number of rotatable bonds is 6. The SMILES string of the molecule is CC(CCN)CCC(=O)N(C)c1ccc(F)cc1. The predicted molar refractivity (Wildman–Crippen MR) is 71.9 cm³/mol. The second-order valence-electron chi connectivity index (χ2n) is 4.65. The number of anilines is 1. The maximum absolute atomic E-state index is 12.8. The van der Waals surface area contributed by atoms with Gasteiger partial charge in [-0.3, -0.25) is 4.79 Å². The van der Waals surface area contributed by atoms with E-state index in [9.17, 15) is 9.18 Å². The number of benzene rings is 1. The summed E-state index contributed by atoms with van der Waals surface area (Å²) in [6.07, 6.45) is 2.27. The van der Waals surface area contributed by atoms with E-state index >= 15 is 0 Å². The molecule has 0 aliphatic rings. The zero-order valence-electron chi connectivity index (χ0n) is 11.0. The standard InChI is InChI=1S/C14H21FN2O/c1-11(9-10-16)3-8-14(18)17(2)13-6-4-12(15)5-7-13/h4-7,11H,3,8-10,16H2,1-2H3. The summed E-state index contributed by atoms with van der Waals surface area (Å²) in [4.78, 5) is 13.5. The van der Waals surface area contributed by atoms with Gasteiger partial charge in [0.1, 0.15) is 5.82 Å². The molecule has 0 fully saturated rings. The monoisotopic (exact) mass is 252 g/mol. The van der Waals surface area contributed by atoms with E-state index in [-0.39, 0.29) is 11.7 Å². The van der Waals surface area contributed by atoms with Gasteiger partial charge in [-0.1, -0.05) is 6.92 Å². The highest BCUT2D eigenvalue weighted by Crippen LogP contribution is 2.16. The summed E-state index contributed by atoms with van der Waals surface area (Å²) < 4.78 is 12.8. The lowest BCUT2D eigenvalue weighted by atomic mass is 10.0. The van der Waals surface area contributed by atoms with Crippen LogP contribution >= 0.6 is 0 Å². The molecule has 1 atom stereocenters. The highest BCUT2D eigenvalue weighted by molar-refractivity contribution is 5.92. The molecule has 0 radical (unpaired) electrons. The van der Waals surface area contributed by atoms with Crippen molar-refractivity contribution in [2.24, 2.45) is 11.7 Å². The van der Waals surface area contributed by atoms with Crippen molar-refractivity contribution in [2.45, 2.75) is 26.2 Å². The highest BCUT2D eigenvalue weighted by atomic mass is 19.1. The van der Waals surface area contributed by atoms with Gasteiger partial charge in [0, 0.05) is 19.2 Å². The van der Waals surface area contributed by atoms with Crippen molar-refractivity contribution in [2.75, 3.05) is 18.5 Å². The minimum atomic E-state index is -0.295. The number of nitrogens with two attached hydrogens (primary N) is 1. The molecule has 1 aromatic carbocycles. The van der Waals surface area contributed by atoms with Crippen molar-refractivity contribution in [1.82, 2.24) is 0 Å². The fourth-order valence-electron chi connectivity index (χ4n) is 1.78. The van der Waals surface area contributed by atoms with Gasteiger partial charge < -0.3 is 10.6 Å². The van der Waals surface area contributed by atoms with Gasteiger partial charge >= 0.3 is 0 Å². The fraction of sp³-hybridized carbons (Fsp3) is 0.500. The first-order valence-electron chi connectivity index (χ1n) is 6.26. The predicted octanol–water partition coefficient (Wildman–Crippen LogP) is 2.55. The lowest BCUT2D eigenvalue weighted by Gasteiger charge is -2.18. The number of hydrogen-bond donors (Lipinski definition) is 1. The van der Waals surface area contributed by atoms with Crippen molar-refractivity contribution in [3.63, 3.8) is 0 Å². The average Bonchev–Trinajstić information content (AvgIpc) is 2.36. The lowest BCUT2D eigenvalue weighted by molar-refractivity contribution is -0.118. The quantitative estimate of drug-likeness (QED) is 0.845. The van der Waals surface area contributed by atoms with Crippen LogP contribution in [0, 0.1) is 11.7 Å². The molecule has 0 aliphatic carbocycles. The summed E-state index contributed by atoms with van der Waals surface area (Å²) in [5.41, 5.74) is 6.19. The number of amides is 1. The first-order chi connectivity index (χ1) is 8.54. The van der Waals surface area contributed by atoms with Gasteiger partial charge in [-0.2, -0.15) is 0 Å². The third-order valence-electron chi connectivity index (χ3n) is 3.10. The Balaban J connectivity index is 2.48. The second kappa shape index (κ2) is 7.11. The van der Waals surface area contributed by atoms with Crippen LogP contribution in [0.15, 0.2) is 24.3 Å². The van der Waals surface area contributed by atoms with Gasteiger partial charge in [0.2, 0.25) is 5.91 Å². The van der Waals surface area contributed by atoms with Gasteiger partial charge in [0.25, 0.3) is 0 Å². The molecule has 1 amide bonds. The summed E-state index contributed by atoms with van der Waals surface area (Å²) in [6.45, 7) is 2.75. The van der Waals surface area contributed by atoms with Crippen LogP contribution in [-0.4, -0.2) is 19.5 Å². The Morgan fingerprint density at radius 3 is 2.50 bits per heavy atom. The Hall–Kier alpha value is -1.42. The smallest absolute Gasteiger partial charge is 0.226 e. The van der Waals surface area contributed by atoms with Crippen LogP contribution in [0.25, 0.3) is 0 Å². The van der Waals surface area contributed by atoms with Gasteiger partial charge in [0.15, 0.2) is 0 Å². The van der Waals surface area contributed by atoms with E-state index in [1.165, 1.54) is 12.1 Å². The van der Waals surface area contributed by atoms with E-state index in [1.54, 1.807) is 24.1 Å². The van der Waals surface area contributed by atoms with Crippen LogP contribution in [0.1, 0.15) is 26.2 Å². The second-order valence-corrected chi connectivity index (χ2v) is 4.65. The Morgan fingerprint density at radius 2 is 1.94 bits per heavy atom. The minimum Gasteiger partial charge on any atom is -0.330 e. The Kier molecular flexibility index (Phi) is 5.78. The van der Waals surface area contributed by atoms with Crippen LogP contribution < -0.4 is 10.6 Å². The Bertz CT molecular complexity index is 378. The van der Waals surface area contributed by atoms with E-state index in [0.717, 1.165) is 12.8 Å². The van der Waals surface area contributed by atoms with Crippen LogP contribution in [0.3, 0.4) is 0 Å². The number of halogens is 1. The van der Waals surface area contributed by atoms with E-state index in [0.29, 0.717) is 24.6 Å². The molecular weight excluding hydrogens is 231 g/mol. The van der Waals surface area contributed by atoms with Gasteiger partial charge in [-0.25, -0.2) is 4.39 Å². The van der Waals surface area contributed by atoms with Crippen molar-refractivity contribution >= 4 is 11.6 Å². The Morgan fingerprint density at radius 1 is 1.33 bits per heavy atom. The van der Waals surface area contributed by atoms with E-state index < -0.39 is 0 Å². The normalized spacial score (nSPS) is 12.2. The molecule has 4 heteroatoms. The first kappa shape index (κ1) is 14.6. The van der Waals surface area contributed by atoms with Gasteiger partial charge in [-0.05, 0) is 49.6 Å². The molecular formula is C14H21FN2O. The van der Waals surface area contributed by atoms with Crippen LogP contribution in [0.5, 0.6) is 0 Å². The molecule has 2 N–H and O–H groups in total. The molecule has 0 aliphatic heterocycles. The van der Waals surface area contributed by atoms with Crippen LogP contribution in [-0.2, 0) is 4.79 Å². The fourth-order valence-corrected chi connectivity index (χ4v) is 1.78. The zero-order chi connectivity index (χ0) is 13.5. The number of carbonyl (C=O) groups excluding carboxylic acids is 1. The molecule has 0 saturated heterocycles. The maximum Gasteiger partial charge on any atom is 0.226 e. The van der Waals surface area contributed by atoms with Crippen molar-refractivity contribution < 1.29 is 9.18 Å². The third-order valence-corrected chi connectivity index (χ3v) is 3.10. The van der Waals surface area contributed by atoms with E-state index in [4.69, 9.17) is 5.73 Å². The molecule has 1 aromatic rings. The minimum absolute atomic E-state index is 0.0467.